The Kier molecular flexibility index (Phi) is 1.61. The van der Waals surface area contributed by atoms with E-state index in [-0.39, 0.29) is 48.2 Å². The maximum absolute atomic E-state index is 7.51. The summed E-state index contributed by atoms with van der Waals surface area (Å²) in [6.07, 6.45) is 0. The van der Waals surface area contributed by atoms with Crippen LogP contribution < -0.4 is 5.73 Å². The van der Waals surface area contributed by atoms with Crippen molar-refractivity contribution in [2.24, 2.45) is 5.73 Å². The fourth-order valence-electron chi connectivity index (χ4n) is 0.487. The molecule has 0 aliphatic carbocycles. The average Bonchev–Trinajstić information content (AvgIpc) is 2.11. The van der Waals surface area contributed by atoms with Gasteiger partial charge in [-0.05, 0) is 12.5 Å². The summed E-state index contributed by atoms with van der Waals surface area (Å²) in [7, 11) is 0. The summed E-state index contributed by atoms with van der Waals surface area (Å²) < 4.78 is 37.1. The van der Waals surface area contributed by atoms with Crippen molar-refractivity contribution in [1.29, 1.82) is 0 Å². The van der Waals surface area contributed by atoms with Gasteiger partial charge in [0.1, 0.15) is 0 Å². The molecule has 0 bridgehead atoms. The van der Waals surface area contributed by atoms with E-state index in [1.54, 1.807) is 6.92 Å². The van der Waals surface area contributed by atoms with Crippen LogP contribution >= 0.6 is 12.4 Å². The summed E-state index contributed by atoms with van der Waals surface area (Å²) >= 11 is 0. The van der Waals surface area contributed by atoms with E-state index in [9.17, 15) is 0 Å². The van der Waals surface area contributed by atoms with Crippen LogP contribution in [0.25, 0.3) is 0 Å². The number of hydrogen-bond donors (Lipinski definition) is 1. The molecule has 0 amide bonds. The number of hydrogen-bond acceptors (Lipinski definition) is 1. The molecule has 0 heterocycles. The van der Waals surface area contributed by atoms with E-state index < -0.39 is 6.04 Å². The van der Waals surface area contributed by atoms with Crippen LogP contribution in [0.5, 0.6) is 0 Å². The van der Waals surface area contributed by atoms with Crippen molar-refractivity contribution in [2.75, 3.05) is 0 Å². The van der Waals surface area contributed by atoms with Gasteiger partial charge in [-0.3, -0.25) is 0 Å². The zero-order valence-corrected chi connectivity index (χ0v) is 6.38. The third-order valence-corrected chi connectivity index (χ3v) is 0.975. The Morgan fingerprint density at radius 2 is 1.90 bits per heavy atom. The molecule has 0 saturated heterocycles. The van der Waals surface area contributed by atoms with E-state index in [1.807, 2.05) is 0 Å². The SMILES string of the molecule is Cl.[2H]c1c([2H])c([2H])c([C@H](C)N)c([2H])c1[2H]. The zero-order valence-electron chi connectivity index (χ0n) is 10.6. The summed E-state index contributed by atoms with van der Waals surface area (Å²) in [6, 6.07) is -2.05. The summed E-state index contributed by atoms with van der Waals surface area (Å²) in [5, 5.41) is 0. The molecule has 0 aliphatic rings. The second kappa shape index (κ2) is 4.31. The standard InChI is InChI=1S/C8H11N.ClH/c1-7(9)8-5-3-2-4-6-8;/h2-7H,9H2,1H3;1H/t7-;/m0./s1/i2D,3D,4D,5D,6D;. The molecule has 0 unspecified atom stereocenters. The number of rotatable bonds is 1. The van der Waals surface area contributed by atoms with Crippen molar-refractivity contribution >= 4 is 12.4 Å². The highest BCUT2D eigenvalue weighted by atomic mass is 35.5. The lowest BCUT2D eigenvalue weighted by molar-refractivity contribution is 0.818. The minimum absolute atomic E-state index is 0. The molecule has 10 heavy (non-hydrogen) atoms. The third kappa shape index (κ3) is 2.38. The lowest BCUT2D eigenvalue weighted by Crippen LogP contribution is -2.03. The summed E-state index contributed by atoms with van der Waals surface area (Å²) in [5.41, 5.74) is 5.70. The van der Waals surface area contributed by atoms with E-state index >= 15 is 0 Å². The Hall–Kier alpha value is -0.530. The van der Waals surface area contributed by atoms with Crippen LogP contribution in [0.1, 0.15) is 25.4 Å². The quantitative estimate of drug-likeness (QED) is 0.673. The summed E-state index contributed by atoms with van der Waals surface area (Å²) in [6.45, 7) is 1.59. The van der Waals surface area contributed by atoms with E-state index in [2.05, 4.69) is 0 Å². The minimum Gasteiger partial charge on any atom is -0.324 e. The summed E-state index contributed by atoms with van der Waals surface area (Å²) in [4.78, 5) is 0. The lowest BCUT2D eigenvalue weighted by atomic mass is 10.1. The van der Waals surface area contributed by atoms with Gasteiger partial charge in [-0.25, -0.2) is 0 Å². The molecular weight excluding hydrogens is 146 g/mol. The van der Waals surface area contributed by atoms with E-state index in [4.69, 9.17) is 12.6 Å². The topological polar surface area (TPSA) is 26.0 Å². The predicted molar refractivity (Wildman–Crippen MR) is 46.3 cm³/mol. The van der Waals surface area contributed by atoms with Gasteiger partial charge in [0.05, 0.1) is 6.85 Å². The second-order valence-corrected chi connectivity index (χ2v) is 1.83. The van der Waals surface area contributed by atoms with E-state index in [1.165, 1.54) is 0 Å². The molecule has 1 rings (SSSR count). The molecule has 2 heteroatoms. The van der Waals surface area contributed by atoms with Crippen molar-refractivity contribution in [1.82, 2.24) is 0 Å². The van der Waals surface area contributed by atoms with Crippen molar-refractivity contribution < 1.29 is 6.85 Å². The van der Waals surface area contributed by atoms with Crippen LogP contribution in [0.15, 0.2) is 30.2 Å². The lowest BCUT2D eigenvalue weighted by Gasteiger charge is -2.02. The van der Waals surface area contributed by atoms with E-state index in [0.29, 0.717) is 0 Å². The normalized spacial score (nSPS) is 18.8. The maximum atomic E-state index is 7.51. The first-order chi connectivity index (χ1) is 6.37. The van der Waals surface area contributed by atoms with Crippen LogP contribution in [-0.2, 0) is 0 Å². The molecule has 1 nitrogen and oxygen atoms in total. The Morgan fingerprint density at radius 1 is 1.40 bits per heavy atom. The first-order valence-corrected chi connectivity index (χ1v) is 2.70. The van der Waals surface area contributed by atoms with Crippen LogP contribution in [-0.4, -0.2) is 0 Å². The predicted octanol–water partition coefficient (Wildman–Crippen LogP) is 2.13. The minimum atomic E-state index is -0.566. The first kappa shape index (κ1) is 3.74. The highest BCUT2D eigenvalue weighted by Crippen LogP contribution is 2.06. The number of halogens is 1. The average molecular weight is 163 g/mol. The molecule has 2 N–H and O–H groups in total. The Balaban J connectivity index is 0.00000196. The highest BCUT2D eigenvalue weighted by Gasteiger charge is 1.93. The molecule has 0 spiro atoms. The van der Waals surface area contributed by atoms with Gasteiger partial charge >= 0.3 is 0 Å². The molecule has 0 saturated carbocycles. The van der Waals surface area contributed by atoms with Gasteiger partial charge in [0.15, 0.2) is 0 Å². The molecule has 0 aliphatic heterocycles. The second-order valence-electron chi connectivity index (χ2n) is 1.83. The van der Waals surface area contributed by atoms with Gasteiger partial charge in [-0.1, -0.05) is 30.2 Å². The van der Waals surface area contributed by atoms with Gasteiger partial charge in [0.25, 0.3) is 0 Å². The van der Waals surface area contributed by atoms with Crippen LogP contribution in [0, 0.1) is 0 Å². The first-order valence-electron chi connectivity index (χ1n) is 5.20. The van der Waals surface area contributed by atoms with Gasteiger partial charge in [0.2, 0.25) is 0 Å². The molecule has 56 valence electrons. The third-order valence-electron chi connectivity index (χ3n) is 0.975. The Labute approximate surface area is 74.7 Å². The highest BCUT2D eigenvalue weighted by molar-refractivity contribution is 5.85. The monoisotopic (exact) mass is 162 g/mol. The molecule has 0 radical (unpaired) electrons. The molecule has 0 aromatic heterocycles. The molecule has 1 atom stereocenters. The smallest absolute Gasteiger partial charge is 0.0626 e. The van der Waals surface area contributed by atoms with Crippen molar-refractivity contribution in [3.63, 3.8) is 0 Å². The zero-order chi connectivity index (χ0) is 11.0. The maximum Gasteiger partial charge on any atom is 0.0626 e. The molecule has 1 aromatic rings. The molecular formula is C8H12ClN. The van der Waals surface area contributed by atoms with Gasteiger partial charge in [0, 0.05) is 6.04 Å². The fourth-order valence-corrected chi connectivity index (χ4v) is 0.487. The summed E-state index contributed by atoms with van der Waals surface area (Å²) in [5.74, 6) is 0. The molecule has 0 fully saturated rings. The van der Waals surface area contributed by atoms with Gasteiger partial charge in [-0.15, -0.1) is 12.4 Å². The number of nitrogens with two attached hydrogens (primary N) is 1. The van der Waals surface area contributed by atoms with E-state index in [0.717, 1.165) is 0 Å². The van der Waals surface area contributed by atoms with Crippen LogP contribution in [0.3, 0.4) is 0 Å². The van der Waals surface area contributed by atoms with Crippen molar-refractivity contribution in [3.8, 4) is 0 Å². The van der Waals surface area contributed by atoms with Gasteiger partial charge < -0.3 is 5.73 Å². The number of benzene rings is 1. The van der Waals surface area contributed by atoms with Crippen LogP contribution in [0.2, 0.25) is 0 Å². The fraction of sp³-hybridized carbons (Fsp3) is 0.250. The largest absolute Gasteiger partial charge is 0.324 e. The van der Waals surface area contributed by atoms with Gasteiger partial charge in [-0.2, -0.15) is 0 Å². The van der Waals surface area contributed by atoms with Crippen LogP contribution in [0.4, 0.5) is 0 Å². The van der Waals surface area contributed by atoms with Crippen molar-refractivity contribution in [2.45, 2.75) is 13.0 Å². The van der Waals surface area contributed by atoms with Crippen molar-refractivity contribution in [3.05, 3.63) is 35.8 Å². The Morgan fingerprint density at radius 3 is 2.30 bits per heavy atom. The Bertz CT molecular complexity index is 351. The molecule has 1 aromatic carbocycles.